The first-order valence-electron chi connectivity index (χ1n) is 4.82. The normalized spacial score (nSPS) is 18.1. The number of allylic oxidation sites excluding steroid dienone is 2. The minimum absolute atomic E-state index is 0.138. The topological polar surface area (TPSA) is 29.1 Å². The van der Waals surface area contributed by atoms with Crippen molar-refractivity contribution in [3.63, 3.8) is 0 Å². The van der Waals surface area contributed by atoms with Crippen molar-refractivity contribution in [3.8, 4) is 0 Å². The van der Waals surface area contributed by atoms with Crippen molar-refractivity contribution in [1.82, 2.24) is 5.32 Å². The van der Waals surface area contributed by atoms with Crippen molar-refractivity contribution in [1.29, 1.82) is 0 Å². The maximum absolute atomic E-state index is 11.3. The minimum atomic E-state index is -0.138. The summed E-state index contributed by atoms with van der Waals surface area (Å²) >= 11 is 11.9. The molecule has 1 aromatic rings. The van der Waals surface area contributed by atoms with Crippen molar-refractivity contribution >= 4 is 51.9 Å². The molecule has 1 fully saturated rings. The third-order valence-electron chi connectivity index (χ3n) is 2.05. The Labute approximate surface area is 114 Å². The zero-order valence-electron chi connectivity index (χ0n) is 8.64. The molecule has 86 valence electrons. The number of thiocarbonyl (C=S) groups is 1. The van der Waals surface area contributed by atoms with Crippen LogP contribution in [0.2, 0.25) is 5.02 Å². The van der Waals surface area contributed by atoms with Gasteiger partial charge in [0.15, 0.2) is 0 Å². The van der Waals surface area contributed by atoms with Gasteiger partial charge in [0.2, 0.25) is 0 Å². The lowest BCUT2D eigenvalue weighted by Crippen LogP contribution is -2.17. The number of amides is 1. The quantitative estimate of drug-likeness (QED) is 0.666. The average Bonchev–Trinajstić information content (AvgIpc) is 2.60. The molecule has 0 spiro atoms. The lowest BCUT2D eigenvalue weighted by atomic mass is 10.2. The molecular formula is C12H8ClNOS2. The number of hydrogen-bond acceptors (Lipinski definition) is 3. The molecule has 2 rings (SSSR count). The number of benzene rings is 1. The molecule has 0 saturated carbocycles. The van der Waals surface area contributed by atoms with Crippen molar-refractivity contribution in [2.75, 3.05) is 0 Å². The average molecular weight is 282 g/mol. The van der Waals surface area contributed by atoms with Gasteiger partial charge >= 0.3 is 0 Å². The second kappa shape index (κ2) is 5.49. The van der Waals surface area contributed by atoms with E-state index in [1.165, 1.54) is 11.8 Å². The van der Waals surface area contributed by atoms with E-state index in [1.807, 2.05) is 36.4 Å². The summed E-state index contributed by atoms with van der Waals surface area (Å²) in [5.41, 5.74) is 1.03. The van der Waals surface area contributed by atoms with Gasteiger partial charge in [-0.2, -0.15) is 0 Å². The second-order valence-electron chi connectivity index (χ2n) is 3.29. The highest BCUT2D eigenvalue weighted by molar-refractivity contribution is 8.26. The highest BCUT2D eigenvalue weighted by Gasteiger charge is 2.20. The van der Waals surface area contributed by atoms with Crippen molar-refractivity contribution in [3.05, 3.63) is 51.9 Å². The molecule has 0 aliphatic carbocycles. The largest absolute Gasteiger partial charge is 0.307 e. The smallest absolute Gasteiger partial charge is 0.263 e. The molecule has 0 radical (unpaired) electrons. The van der Waals surface area contributed by atoms with Crippen LogP contribution in [-0.2, 0) is 4.79 Å². The van der Waals surface area contributed by atoms with Gasteiger partial charge in [0.05, 0.1) is 4.91 Å². The van der Waals surface area contributed by atoms with Gasteiger partial charge in [0.1, 0.15) is 4.32 Å². The maximum Gasteiger partial charge on any atom is 0.263 e. The molecule has 17 heavy (non-hydrogen) atoms. The predicted octanol–water partition coefficient (Wildman–Crippen LogP) is 3.39. The Hall–Kier alpha value is -1.10. The summed E-state index contributed by atoms with van der Waals surface area (Å²) in [6, 6.07) is 7.45. The van der Waals surface area contributed by atoms with Crippen molar-refractivity contribution < 1.29 is 4.79 Å². The van der Waals surface area contributed by atoms with Gasteiger partial charge in [-0.3, -0.25) is 4.79 Å². The Morgan fingerprint density at radius 2 is 2.00 bits per heavy atom. The second-order valence-corrected chi connectivity index (χ2v) is 5.44. The number of carbonyl (C=O) groups excluding carboxylic acids is 1. The number of halogens is 1. The molecule has 1 aliphatic heterocycles. The summed E-state index contributed by atoms with van der Waals surface area (Å²) in [5, 5.41) is 3.26. The fourth-order valence-corrected chi connectivity index (χ4v) is 2.38. The molecule has 1 amide bonds. The van der Waals surface area contributed by atoms with Crippen molar-refractivity contribution in [2.45, 2.75) is 0 Å². The lowest BCUT2D eigenvalue weighted by molar-refractivity contribution is -0.115. The lowest BCUT2D eigenvalue weighted by Gasteiger charge is -1.92. The Kier molecular flexibility index (Phi) is 3.99. The number of rotatable bonds is 2. The highest BCUT2D eigenvalue weighted by atomic mass is 35.5. The van der Waals surface area contributed by atoms with Gasteiger partial charge in [0, 0.05) is 5.02 Å². The van der Waals surface area contributed by atoms with Gasteiger partial charge in [-0.15, -0.1) is 0 Å². The minimum Gasteiger partial charge on any atom is -0.307 e. The molecule has 0 atom stereocenters. The zero-order valence-corrected chi connectivity index (χ0v) is 11.0. The van der Waals surface area contributed by atoms with Crippen LogP contribution in [0.15, 0.2) is 41.3 Å². The van der Waals surface area contributed by atoms with Crippen LogP contribution >= 0.6 is 35.6 Å². The standard InChI is InChI=1S/C12H8ClNOS2/c13-9-6-4-8(5-7-9)2-1-3-10-11(15)14-12(16)17-10/h1-7H,(H,14,15,16)/b2-1+,10-3+. The fourth-order valence-electron chi connectivity index (χ4n) is 1.26. The molecule has 0 aromatic heterocycles. The number of hydrogen-bond donors (Lipinski definition) is 1. The fraction of sp³-hybridized carbons (Fsp3) is 0. The molecule has 1 N–H and O–H groups in total. The first-order chi connectivity index (χ1) is 8.15. The summed E-state index contributed by atoms with van der Waals surface area (Å²) in [4.78, 5) is 11.9. The van der Waals surface area contributed by atoms with Gasteiger partial charge in [-0.25, -0.2) is 0 Å². The molecule has 1 aliphatic rings. The Morgan fingerprint density at radius 3 is 2.59 bits per heavy atom. The predicted molar refractivity (Wildman–Crippen MR) is 76.9 cm³/mol. The van der Waals surface area contributed by atoms with Crippen LogP contribution in [0, 0.1) is 0 Å². The monoisotopic (exact) mass is 281 g/mol. The van der Waals surface area contributed by atoms with E-state index in [4.69, 9.17) is 23.8 Å². The van der Waals surface area contributed by atoms with Crippen LogP contribution < -0.4 is 5.32 Å². The Morgan fingerprint density at radius 1 is 1.29 bits per heavy atom. The summed E-state index contributed by atoms with van der Waals surface area (Å²) in [7, 11) is 0. The molecule has 1 saturated heterocycles. The zero-order chi connectivity index (χ0) is 12.3. The van der Waals surface area contributed by atoms with Crippen molar-refractivity contribution in [2.24, 2.45) is 0 Å². The number of nitrogens with one attached hydrogen (secondary N) is 1. The van der Waals surface area contributed by atoms with Gasteiger partial charge in [-0.05, 0) is 23.8 Å². The SMILES string of the molecule is O=C1NC(=S)S/C1=C/C=C/c1ccc(Cl)cc1. The van der Waals surface area contributed by atoms with E-state index in [2.05, 4.69) is 5.32 Å². The van der Waals surface area contributed by atoms with Gasteiger partial charge in [0.25, 0.3) is 5.91 Å². The molecular weight excluding hydrogens is 274 g/mol. The third-order valence-corrected chi connectivity index (χ3v) is 3.48. The summed E-state index contributed by atoms with van der Waals surface area (Å²) in [6.45, 7) is 0. The van der Waals surface area contributed by atoms with Crippen LogP contribution in [-0.4, -0.2) is 10.2 Å². The van der Waals surface area contributed by atoms with Crippen LogP contribution in [0.5, 0.6) is 0 Å². The van der Waals surface area contributed by atoms with Gasteiger partial charge < -0.3 is 5.32 Å². The molecule has 0 unspecified atom stereocenters. The third kappa shape index (κ3) is 3.43. The summed E-state index contributed by atoms with van der Waals surface area (Å²) in [6.07, 6.45) is 5.46. The Bertz CT molecular complexity index is 520. The highest BCUT2D eigenvalue weighted by Crippen LogP contribution is 2.23. The first kappa shape index (κ1) is 12.4. The molecule has 2 nitrogen and oxygen atoms in total. The summed E-state index contributed by atoms with van der Waals surface area (Å²) in [5.74, 6) is -0.138. The van der Waals surface area contributed by atoms with E-state index in [1.54, 1.807) is 6.08 Å². The van der Waals surface area contributed by atoms with Crippen LogP contribution in [0.3, 0.4) is 0 Å². The Balaban J connectivity index is 2.07. The van der Waals surface area contributed by atoms with E-state index in [0.717, 1.165) is 5.56 Å². The van der Waals surface area contributed by atoms with E-state index in [0.29, 0.717) is 14.2 Å². The van der Waals surface area contributed by atoms with Crippen LogP contribution in [0.25, 0.3) is 6.08 Å². The summed E-state index contributed by atoms with van der Waals surface area (Å²) < 4.78 is 0.501. The van der Waals surface area contributed by atoms with E-state index >= 15 is 0 Å². The molecule has 1 aromatic carbocycles. The van der Waals surface area contributed by atoms with Crippen LogP contribution in [0.4, 0.5) is 0 Å². The number of carbonyl (C=O) groups is 1. The van der Waals surface area contributed by atoms with E-state index in [-0.39, 0.29) is 5.91 Å². The first-order valence-corrected chi connectivity index (χ1v) is 6.42. The molecule has 5 heteroatoms. The number of thioether (sulfide) groups is 1. The van der Waals surface area contributed by atoms with E-state index < -0.39 is 0 Å². The van der Waals surface area contributed by atoms with Gasteiger partial charge in [-0.1, -0.05) is 59.9 Å². The molecule has 0 bridgehead atoms. The van der Waals surface area contributed by atoms with Crippen LogP contribution in [0.1, 0.15) is 5.56 Å². The molecule has 1 heterocycles. The van der Waals surface area contributed by atoms with E-state index in [9.17, 15) is 4.79 Å². The maximum atomic E-state index is 11.3.